The number of hydrogen-bond donors (Lipinski definition) is 1. The number of nitrogens with one attached hydrogen (secondary N) is 1. The second-order valence-corrected chi connectivity index (χ2v) is 9.79. The lowest BCUT2D eigenvalue weighted by atomic mass is 10.0. The first-order chi connectivity index (χ1) is 15.3. The van der Waals surface area contributed by atoms with Gasteiger partial charge < -0.3 is 5.32 Å². The van der Waals surface area contributed by atoms with E-state index in [0.717, 1.165) is 16.7 Å². The molecule has 0 aliphatic heterocycles. The van der Waals surface area contributed by atoms with Crippen molar-refractivity contribution in [3.05, 3.63) is 95.6 Å². The topological polar surface area (TPSA) is 66.5 Å². The first kappa shape index (κ1) is 23.5. The molecule has 3 rings (SSSR count). The summed E-state index contributed by atoms with van der Waals surface area (Å²) in [6, 6.07) is 23.9. The maximum atomic E-state index is 13.6. The van der Waals surface area contributed by atoms with Crippen molar-refractivity contribution in [1.29, 1.82) is 0 Å². The molecule has 0 radical (unpaired) electrons. The molecule has 0 aliphatic rings. The van der Waals surface area contributed by atoms with E-state index < -0.39 is 10.0 Å². The Morgan fingerprint density at radius 2 is 1.56 bits per heavy atom. The van der Waals surface area contributed by atoms with Crippen molar-refractivity contribution in [2.24, 2.45) is 0 Å². The Kier molecular flexibility index (Phi) is 7.70. The smallest absolute Gasteiger partial charge is 0.264 e. The number of amides is 1. The van der Waals surface area contributed by atoms with Crippen molar-refractivity contribution >= 4 is 21.6 Å². The summed E-state index contributed by atoms with van der Waals surface area (Å²) in [5.41, 5.74) is 3.49. The monoisotopic (exact) mass is 450 g/mol. The standard InChI is InChI=1S/C26H30N2O3S/c1-4-22-10-8-9-13-25(22)28(32(30,31)24-16-14-20(2)15-17-24)19-26(29)27-18-21(3)23-11-6-5-7-12-23/h5-17,21H,4,18-19H2,1-3H3,(H,27,29). The van der Waals surface area contributed by atoms with Gasteiger partial charge in [0.25, 0.3) is 10.0 Å². The number of rotatable bonds is 9. The minimum atomic E-state index is -3.92. The van der Waals surface area contributed by atoms with Gasteiger partial charge in [-0.25, -0.2) is 8.42 Å². The number of benzene rings is 3. The van der Waals surface area contributed by atoms with Crippen LogP contribution in [0.4, 0.5) is 5.69 Å². The summed E-state index contributed by atoms with van der Waals surface area (Å²) >= 11 is 0. The van der Waals surface area contributed by atoms with Crippen LogP contribution >= 0.6 is 0 Å². The first-order valence-corrected chi connectivity index (χ1v) is 12.3. The molecular weight excluding hydrogens is 420 g/mol. The van der Waals surface area contributed by atoms with Gasteiger partial charge in [-0.15, -0.1) is 0 Å². The van der Waals surface area contributed by atoms with Gasteiger partial charge in [-0.2, -0.15) is 0 Å². The quantitative estimate of drug-likeness (QED) is 0.515. The van der Waals surface area contributed by atoms with E-state index in [9.17, 15) is 13.2 Å². The van der Waals surface area contributed by atoms with Crippen molar-refractivity contribution in [1.82, 2.24) is 5.32 Å². The maximum Gasteiger partial charge on any atom is 0.264 e. The van der Waals surface area contributed by atoms with Crippen LogP contribution in [0.25, 0.3) is 0 Å². The largest absolute Gasteiger partial charge is 0.354 e. The highest BCUT2D eigenvalue weighted by Gasteiger charge is 2.28. The van der Waals surface area contributed by atoms with E-state index >= 15 is 0 Å². The SMILES string of the molecule is CCc1ccccc1N(CC(=O)NCC(C)c1ccccc1)S(=O)(=O)c1ccc(C)cc1. The Labute approximate surface area is 191 Å². The molecular formula is C26H30N2O3S. The molecule has 0 saturated heterocycles. The van der Waals surface area contributed by atoms with Crippen molar-refractivity contribution < 1.29 is 13.2 Å². The molecule has 1 amide bonds. The number of carbonyl (C=O) groups is 1. The zero-order chi connectivity index (χ0) is 23.1. The molecule has 0 bridgehead atoms. The molecule has 1 N–H and O–H groups in total. The third-order valence-corrected chi connectivity index (χ3v) is 7.29. The number of nitrogens with zero attached hydrogens (tertiary/aromatic N) is 1. The predicted octanol–water partition coefficient (Wildman–Crippen LogP) is 4.67. The number of hydrogen-bond acceptors (Lipinski definition) is 3. The second kappa shape index (κ2) is 10.5. The normalized spacial score (nSPS) is 12.2. The van der Waals surface area contributed by atoms with Gasteiger partial charge >= 0.3 is 0 Å². The fourth-order valence-electron chi connectivity index (χ4n) is 3.54. The lowest BCUT2D eigenvalue weighted by Crippen LogP contribution is -2.42. The Hall–Kier alpha value is -3.12. The molecule has 6 heteroatoms. The molecule has 3 aromatic rings. The van der Waals surface area contributed by atoms with Gasteiger partial charge in [0.05, 0.1) is 10.6 Å². The summed E-state index contributed by atoms with van der Waals surface area (Å²) in [7, 11) is -3.92. The van der Waals surface area contributed by atoms with Crippen molar-refractivity contribution in [2.45, 2.75) is 38.0 Å². The summed E-state index contributed by atoms with van der Waals surface area (Å²) < 4.78 is 28.3. The van der Waals surface area contributed by atoms with Gasteiger partial charge in [0.2, 0.25) is 5.91 Å². The van der Waals surface area contributed by atoms with Crippen LogP contribution in [0.2, 0.25) is 0 Å². The fourth-order valence-corrected chi connectivity index (χ4v) is 5.00. The number of aryl methyl sites for hydroxylation is 2. The molecule has 5 nitrogen and oxygen atoms in total. The molecule has 1 unspecified atom stereocenters. The Morgan fingerprint density at radius 3 is 2.22 bits per heavy atom. The summed E-state index contributed by atoms with van der Waals surface area (Å²) in [6.45, 7) is 6.05. The maximum absolute atomic E-state index is 13.6. The average molecular weight is 451 g/mol. The third-order valence-electron chi connectivity index (χ3n) is 5.51. The zero-order valence-electron chi connectivity index (χ0n) is 18.8. The van der Waals surface area contributed by atoms with E-state index in [4.69, 9.17) is 0 Å². The summed E-state index contributed by atoms with van der Waals surface area (Å²) in [5, 5.41) is 2.91. The van der Waals surface area contributed by atoms with Crippen molar-refractivity contribution in [3.63, 3.8) is 0 Å². The predicted molar refractivity (Wildman–Crippen MR) is 129 cm³/mol. The molecule has 0 heterocycles. The van der Waals surface area contributed by atoms with Gasteiger partial charge in [0, 0.05) is 6.54 Å². The van der Waals surface area contributed by atoms with Gasteiger partial charge in [0.1, 0.15) is 6.54 Å². The molecule has 1 atom stereocenters. The van der Waals surface area contributed by atoms with Crippen LogP contribution in [0.5, 0.6) is 0 Å². The third kappa shape index (κ3) is 5.56. The van der Waals surface area contributed by atoms with Crippen LogP contribution in [0.3, 0.4) is 0 Å². The van der Waals surface area contributed by atoms with E-state index in [2.05, 4.69) is 5.32 Å². The van der Waals surface area contributed by atoms with E-state index in [1.807, 2.05) is 63.2 Å². The molecule has 0 aliphatic carbocycles. The first-order valence-electron chi connectivity index (χ1n) is 10.8. The molecule has 3 aromatic carbocycles. The number of para-hydroxylation sites is 1. The van der Waals surface area contributed by atoms with Crippen LogP contribution in [0.1, 0.15) is 36.5 Å². The van der Waals surface area contributed by atoms with E-state index in [1.165, 1.54) is 4.31 Å². The van der Waals surface area contributed by atoms with Crippen LogP contribution in [-0.2, 0) is 21.2 Å². The van der Waals surface area contributed by atoms with Crippen molar-refractivity contribution in [2.75, 3.05) is 17.4 Å². The van der Waals surface area contributed by atoms with Gasteiger partial charge in [-0.05, 0) is 48.6 Å². The number of carbonyl (C=O) groups excluding carboxylic acids is 1. The zero-order valence-corrected chi connectivity index (χ0v) is 19.6. The lowest BCUT2D eigenvalue weighted by Gasteiger charge is -2.26. The van der Waals surface area contributed by atoms with E-state index in [1.54, 1.807) is 36.4 Å². The number of anilines is 1. The highest BCUT2D eigenvalue weighted by molar-refractivity contribution is 7.92. The minimum absolute atomic E-state index is 0.116. The van der Waals surface area contributed by atoms with Crippen LogP contribution in [0, 0.1) is 6.92 Å². The molecule has 168 valence electrons. The molecule has 0 spiro atoms. The van der Waals surface area contributed by atoms with Gasteiger partial charge in [-0.1, -0.05) is 80.1 Å². The molecule has 0 fully saturated rings. The molecule has 32 heavy (non-hydrogen) atoms. The summed E-state index contributed by atoms with van der Waals surface area (Å²) in [6.07, 6.45) is 0.656. The van der Waals surface area contributed by atoms with Gasteiger partial charge in [0.15, 0.2) is 0 Å². The fraction of sp³-hybridized carbons (Fsp3) is 0.269. The molecule has 0 aromatic heterocycles. The van der Waals surface area contributed by atoms with Crippen LogP contribution < -0.4 is 9.62 Å². The summed E-state index contributed by atoms with van der Waals surface area (Å²) in [4.78, 5) is 13.0. The van der Waals surface area contributed by atoms with E-state index in [0.29, 0.717) is 18.7 Å². The van der Waals surface area contributed by atoms with Crippen molar-refractivity contribution in [3.8, 4) is 0 Å². The lowest BCUT2D eigenvalue weighted by molar-refractivity contribution is -0.119. The molecule has 0 saturated carbocycles. The number of sulfonamides is 1. The second-order valence-electron chi connectivity index (χ2n) is 7.92. The Morgan fingerprint density at radius 1 is 0.938 bits per heavy atom. The Bertz CT molecular complexity index is 1140. The summed E-state index contributed by atoms with van der Waals surface area (Å²) in [5.74, 6) is -0.223. The average Bonchev–Trinajstić information content (AvgIpc) is 2.81. The van der Waals surface area contributed by atoms with E-state index in [-0.39, 0.29) is 23.3 Å². The van der Waals surface area contributed by atoms with Gasteiger partial charge in [-0.3, -0.25) is 9.10 Å². The van der Waals surface area contributed by atoms with Crippen LogP contribution in [0.15, 0.2) is 83.8 Å². The minimum Gasteiger partial charge on any atom is -0.354 e. The van der Waals surface area contributed by atoms with Crippen LogP contribution in [-0.4, -0.2) is 27.4 Å². The highest BCUT2D eigenvalue weighted by Crippen LogP contribution is 2.27. The Balaban J connectivity index is 1.86. The highest BCUT2D eigenvalue weighted by atomic mass is 32.2.